The topological polar surface area (TPSA) is 29.3 Å². The van der Waals surface area contributed by atoms with Gasteiger partial charge < -0.3 is 10.6 Å². The molecule has 2 nitrogen and oxygen atoms in total. The zero-order valence-corrected chi connectivity index (χ0v) is 9.75. The van der Waals surface area contributed by atoms with E-state index in [2.05, 4.69) is 36.1 Å². The van der Waals surface area contributed by atoms with Crippen molar-refractivity contribution in [3.63, 3.8) is 0 Å². The second-order valence-corrected chi connectivity index (χ2v) is 4.86. The van der Waals surface area contributed by atoms with Crippen molar-refractivity contribution in [3.05, 3.63) is 29.8 Å². The molecule has 2 N–H and O–H groups in total. The van der Waals surface area contributed by atoms with Crippen LogP contribution in [0.2, 0.25) is 0 Å². The lowest BCUT2D eigenvalue weighted by molar-refractivity contribution is 0.264. The predicted molar refractivity (Wildman–Crippen MR) is 65.5 cm³/mol. The summed E-state index contributed by atoms with van der Waals surface area (Å²) in [6.07, 6.45) is 1.75. The quantitative estimate of drug-likeness (QED) is 0.831. The molecule has 1 aliphatic heterocycles. The van der Waals surface area contributed by atoms with Crippen LogP contribution < -0.4 is 10.6 Å². The maximum Gasteiger partial charge on any atom is 0.109 e. The van der Waals surface area contributed by atoms with Crippen LogP contribution in [0.15, 0.2) is 24.3 Å². The van der Waals surface area contributed by atoms with Crippen LogP contribution in [0.1, 0.15) is 18.4 Å². The number of nitrogens with zero attached hydrogens (tertiary/aromatic N) is 1. The fourth-order valence-corrected chi connectivity index (χ4v) is 2.25. The molecule has 1 heterocycles. The first kappa shape index (κ1) is 11.4. The van der Waals surface area contributed by atoms with E-state index in [1.54, 1.807) is 0 Å². The molecule has 1 unspecified atom stereocenters. The van der Waals surface area contributed by atoms with Crippen LogP contribution in [0.5, 0.6) is 0 Å². The number of hydrogen-bond acceptors (Lipinski definition) is 2. The molecule has 0 spiro atoms. The number of hydrogen-bond donors (Lipinski definition) is 1. The number of halogens is 1. The molecular formula is C13H19FN2. The molecule has 88 valence electrons. The van der Waals surface area contributed by atoms with Gasteiger partial charge in [0.05, 0.1) is 5.54 Å². The number of benzene rings is 1. The van der Waals surface area contributed by atoms with Crippen LogP contribution >= 0.6 is 0 Å². The minimum Gasteiger partial charge on any atom is -0.370 e. The monoisotopic (exact) mass is 222 g/mol. The number of anilines is 1. The number of alkyl halides is 1. The van der Waals surface area contributed by atoms with Gasteiger partial charge in [-0.2, -0.15) is 0 Å². The number of aryl methyl sites for hydroxylation is 1. The first-order valence-electron chi connectivity index (χ1n) is 5.79. The maximum atomic E-state index is 12.9. The molecule has 0 aromatic heterocycles. The fraction of sp³-hybridized carbons (Fsp3) is 0.538. The Morgan fingerprint density at radius 3 is 2.69 bits per heavy atom. The minimum absolute atomic E-state index is 0.435. The molecule has 3 heteroatoms. The molecule has 2 rings (SSSR count). The normalized spacial score (nSPS) is 25.8. The van der Waals surface area contributed by atoms with Crippen molar-refractivity contribution in [1.29, 1.82) is 0 Å². The van der Waals surface area contributed by atoms with Gasteiger partial charge in [0, 0.05) is 18.8 Å². The summed E-state index contributed by atoms with van der Waals surface area (Å²) in [5.74, 6) is 0. The smallest absolute Gasteiger partial charge is 0.109 e. The van der Waals surface area contributed by atoms with Crippen LogP contribution in [0.4, 0.5) is 10.1 Å². The summed E-state index contributed by atoms with van der Waals surface area (Å²) in [5, 5.41) is 0. The molecule has 16 heavy (non-hydrogen) atoms. The van der Waals surface area contributed by atoms with Crippen LogP contribution in [0, 0.1) is 6.92 Å². The molecule has 0 radical (unpaired) electrons. The molecule has 1 aromatic carbocycles. The molecule has 1 aromatic rings. The molecule has 1 atom stereocenters. The Hall–Kier alpha value is -1.09. The molecular weight excluding hydrogens is 203 g/mol. The van der Waals surface area contributed by atoms with Gasteiger partial charge in [-0.15, -0.1) is 0 Å². The predicted octanol–water partition coefficient (Wildman–Crippen LogP) is 2.26. The van der Waals surface area contributed by atoms with Gasteiger partial charge >= 0.3 is 0 Å². The Bertz CT molecular complexity index is 349. The highest BCUT2D eigenvalue weighted by Crippen LogP contribution is 2.25. The van der Waals surface area contributed by atoms with Crippen molar-refractivity contribution in [2.45, 2.75) is 25.3 Å². The molecule has 0 aliphatic carbocycles. The first-order valence-corrected chi connectivity index (χ1v) is 5.79. The van der Waals surface area contributed by atoms with E-state index in [1.165, 1.54) is 5.56 Å². The number of nitrogens with two attached hydrogens (primary N) is 1. The second kappa shape index (κ2) is 4.42. The average Bonchev–Trinajstić information content (AvgIpc) is 2.30. The van der Waals surface area contributed by atoms with Crippen LogP contribution in [-0.4, -0.2) is 25.3 Å². The van der Waals surface area contributed by atoms with Crippen LogP contribution in [-0.2, 0) is 0 Å². The summed E-state index contributed by atoms with van der Waals surface area (Å²) in [5.41, 5.74) is 7.74. The van der Waals surface area contributed by atoms with Gasteiger partial charge in [-0.25, -0.2) is 4.39 Å². The molecule has 0 saturated carbocycles. The minimum atomic E-state index is -0.650. The van der Waals surface area contributed by atoms with Gasteiger partial charge in [0.2, 0.25) is 0 Å². The van der Waals surface area contributed by atoms with E-state index in [0.29, 0.717) is 6.54 Å². The van der Waals surface area contributed by atoms with Gasteiger partial charge in [-0.05, 0) is 31.9 Å². The zero-order chi connectivity index (χ0) is 11.6. The van der Waals surface area contributed by atoms with E-state index in [0.717, 1.165) is 25.1 Å². The number of rotatable bonds is 2. The Kier molecular flexibility index (Phi) is 3.15. The first-order chi connectivity index (χ1) is 7.63. The lowest BCUT2D eigenvalue weighted by atomic mass is 9.91. The van der Waals surface area contributed by atoms with E-state index in [1.807, 2.05) is 0 Å². The Labute approximate surface area is 96.2 Å². The molecule has 0 amide bonds. The second-order valence-electron chi connectivity index (χ2n) is 4.86. The maximum absolute atomic E-state index is 12.9. The summed E-state index contributed by atoms with van der Waals surface area (Å²) in [6.45, 7) is 3.22. The Morgan fingerprint density at radius 2 is 2.06 bits per heavy atom. The lowest BCUT2D eigenvalue weighted by Crippen LogP contribution is -2.56. The van der Waals surface area contributed by atoms with E-state index in [9.17, 15) is 4.39 Å². The van der Waals surface area contributed by atoms with Gasteiger partial charge in [-0.1, -0.05) is 17.7 Å². The van der Waals surface area contributed by atoms with Gasteiger partial charge in [0.15, 0.2) is 0 Å². The third-order valence-corrected chi connectivity index (χ3v) is 3.27. The summed E-state index contributed by atoms with van der Waals surface area (Å²) in [7, 11) is 0. The van der Waals surface area contributed by atoms with Crippen LogP contribution in [0.3, 0.4) is 0 Å². The van der Waals surface area contributed by atoms with Crippen LogP contribution in [0.25, 0.3) is 0 Å². The highest BCUT2D eigenvalue weighted by molar-refractivity contribution is 5.48. The molecule has 1 saturated heterocycles. The summed E-state index contributed by atoms with van der Waals surface area (Å²) < 4.78 is 12.9. The summed E-state index contributed by atoms with van der Waals surface area (Å²) >= 11 is 0. The molecule has 1 aliphatic rings. The fourth-order valence-electron chi connectivity index (χ4n) is 2.25. The Morgan fingerprint density at radius 1 is 1.38 bits per heavy atom. The average molecular weight is 222 g/mol. The van der Waals surface area contributed by atoms with E-state index >= 15 is 0 Å². The summed E-state index contributed by atoms with van der Waals surface area (Å²) in [6, 6.07) is 8.33. The third kappa shape index (κ3) is 2.35. The molecule has 0 bridgehead atoms. The zero-order valence-electron chi connectivity index (χ0n) is 9.75. The van der Waals surface area contributed by atoms with Gasteiger partial charge in [-0.3, -0.25) is 0 Å². The largest absolute Gasteiger partial charge is 0.370 e. The standard InChI is InChI=1S/C13H19FN2/c1-11-3-5-12(6-4-11)16-8-2-7-13(15,9-14)10-16/h3-6H,2,7-10,15H2,1H3. The van der Waals surface area contributed by atoms with Gasteiger partial charge in [0.25, 0.3) is 0 Å². The lowest BCUT2D eigenvalue weighted by Gasteiger charge is -2.39. The highest BCUT2D eigenvalue weighted by Gasteiger charge is 2.31. The van der Waals surface area contributed by atoms with Crippen molar-refractivity contribution in [3.8, 4) is 0 Å². The van der Waals surface area contributed by atoms with E-state index in [-0.39, 0.29) is 0 Å². The van der Waals surface area contributed by atoms with Gasteiger partial charge in [0.1, 0.15) is 6.67 Å². The Balaban J connectivity index is 2.12. The SMILES string of the molecule is Cc1ccc(N2CCCC(N)(CF)C2)cc1. The van der Waals surface area contributed by atoms with Crippen molar-refractivity contribution in [2.24, 2.45) is 5.73 Å². The third-order valence-electron chi connectivity index (χ3n) is 3.27. The van der Waals surface area contributed by atoms with Crippen molar-refractivity contribution < 1.29 is 4.39 Å². The van der Waals surface area contributed by atoms with Crippen molar-refractivity contribution >= 4 is 5.69 Å². The van der Waals surface area contributed by atoms with Crippen molar-refractivity contribution in [1.82, 2.24) is 0 Å². The van der Waals surface area contributed by atoms with Crippen molar-refractivity contribution in [2.75, 3.05) is 24.7 Å². The van der Waals surface area contributed by atoms with E-state index < -0.39 is 12.2 Å². The molecule has 1 fully saturated rings. The summed E-state index contributed by atoms with van der Waals surface area (Å²) in [4.78, 5) is 2.18. The highest BCUT2D eigenvalue weighted by atomic mass is 19.1. The van der Waals surface area contributed by atoms with E-state index in [4.69, 9.17) is 5.73 Å². The number of piperidine rings is 1.